The predicted molar refractivity (Wildman–Crippen MR) is 134 cm³/mol. The second kappa shape index (κ2) is 13.0. The molecule has 0 saturated heterocycles. The van der Waals surface area contributed by atoms with Gasteiger partial charge in [-0.15, -0.1) is 0 Å². The number of hydrogen-bond donors (Lipinski definition) is 3. The molecule has 4 N–H and O–H groups in total. The number of hydrogen-bond acceptors (Lipinski definition) is 6. The first-order valence-corrected chi connectivity index (χ1v) is 11.4. The van der Waals surface area contributed by atoms with E-state index >= 15 is 0 Å². The molecule has 0 saturated carbocycles. The molecule has 7 nitrogen and oxygen atoms in total. The first-order chi connectivity index (χ1) is 15.7. The lowest BCUT2D eigenvalue weighted by Crippen LogP contribution is -2.45. The molecule has 0 aliphatic carbocycles. The van der Waals surface area contributed by atoms with Gasteiger partial charge < -0.3 is 30.6 Å². The number of benzene rings is 2. The quantitative estimate of drug-likeness (QED) is 0.338. The molecule has 0 spiro atoms. The number of rotatable bonds is 11. The Hall–Kier alpha value is -2.84. The zero-order valence-electron chi connectivity index (χ0n) is 19.9. The Bertz CT molecular complexity index is 900. The largest absolute Gasteiger partial charge is 0.493 e. The molecule has 180 valence electrons. The van der Waals surface area contributed by atoms with Crippen molar-refractivity contribution in [2.24, 2.45) is 11.1 Å². The van der Waals surface area contributed by atoms with Gasteiger partial charge in [0.2, 0.25) is 0 Å². The Morgan fingerprint density at radius 3 is 2.45 bits per heavy atom. The minimum Gasteiger partial charge on any atom is -0.493 e. The SMILES string of the molecule is COc1cc(CNC(=S)N[C@H](COC(=O)C(C)(C)C)Cc2ccccc2)ccc1OCCN. The van der Waals surface area contributed by atoms with Crippen LogP contribution in [-0.4, -0.2) is 44.0 Å². The third-order valence-corrected chi connectivity index (χ3v) is 5.01. The summed E-state index contributed by atoms with van der Waals surface area (Å²) in [6, 6.07) is 15.5. The smallest absolute Gasteiger partial charge is 0.311 e. The first kappa shape index (κ1) is 26.4. The molecule has 2 aromatic carbocycles. The van der Waals surface area contributed by atoms with Gasteiger partial charge in [-0.3, -0.25) is 4.79 Å². The number of esters is 1. The van der Waals surface area contributed by atoms with Crippen LogP contribution in [0.2, 0.25) is 0 Å². The molecular weight excluding hydrogens is 438 g/mol. The molecule has 0 aromatic heterocycles. The molecule has 1 atom stereocenters. The second-order valence-electron chi connectivity index (χ2n) is 8.68. The highest BCUT2D eigenvalue weighted by atomic mass is 32.1. The Kier molecular flexibility index (Phi) is 10.4. The van der Waals surface area contributed by atoms with Crippen LogP contribution in [0.1, 0.15) is 31.9 Å². The average Bonchev–Trinajstić information content (AvgIpc) is 2.79. The van der Waals surface area contributed by atoms with E-state index in [0.717, 1.165) is 11.1 Å². The zero-order chi connectivity index (χ0) is 24.3. The molecule has 0 fully saturated rings. The Morgan fingerprint density at radius 1 is 1.09 bits per heavy atom. The molecule has 0 heterocycles. The zero-order valence-corrected chi connectivity index (χ0v) is 20.7. The van der Waals surface area contributed by atoms with Crippen molar-refractivity contribution in [3.05, 3.63) is 59.7 Å². The van der Waals surface area contributed by atoms with E-state index in [0.29, 0.717) is 42.7 Å². The van der Waals surface area contributed by atoms with Gasteiger partial charge >= 0.3 is 5.97 Å². The summed E-state index contributed by atoms with van der Waals surface area (Å²) in [6.07, 6.45) is 0.668. The fourth-order valence-electron chi connectivity index (χ4n) is 2.97. The molecule has 0 unspecified atom stereocenters. The van der Waals surface area contributed by atoms with Gasteiger partial charge in [0.1, 0.15) is 13.2 Å². The van der Waals surface area contributed by atoms with Crippen LogP contribution < -0.4 is 25.8 Å². The highest BCUT2D eigenvalue weighted by molar-refractivity contribution is 7.80. The summed E-state index contributed by atoms with van der Waals surface area (Å²) in [6.45, 7) is 7.07. The van der Waals surface area contributed by atoms with Crippen LogP contribution >= 0.6 is 12.2 Å². The number of nitrogens with two attached hydrogens (primary N) is 1. The molecule has 33 heavy (non-hydrogen) atoms. The van der Waals surface area contributed by atoms with Gasteiger partial charge in [-0.2, -0.15) is 0 Å². The van der Waals surface area contributed by atoms with Crippen LogP contribution in [-0.2, 0) is 22.5 Å². The first-order valence-electron chi connectivity index (χ1n) is 11.0. The van der Waals surface area contributed by atoms with Crippen LogP contribution in [0.3, 0.4) is 0 Å². The van der Waals surface area contributed by atoms with Crippen LogP contribution in [0.5, 0.6) is 11.5 Å². The Labute approximate surface area is 202 Å². The van der Waals surface area contributed by atoms with E-state index in [1.165, 1.54) is 0 Å². The van der Waals surface area contributed by atoms with Gasteiger partial charge in [0.05, 0.1) is 18.6 Å². The lowest BCUT2D eigenvalue weighted by molar-refractivity contribution is -0.153. The number of thiocarbonyl (C=S) groups is 1. The van der Waals surface area contributed by atoms with Crippen LogP contribution in [0, 0.1) is 5.41 Å². The van der Waals surface area contributed by atoms with Crippen molar-refractivity contribution in [3.63, 3.8) is 0 Å². The lowest BCUT2D eigenvalue weighted by atomic mass is 9.97. The fraction of sp³-hybridized carbons (Fsp3) is 0.440. The molecule has 2 rings (SSSR count). The van der Waals surface area contributed by atoms with E-state index in [1.807, 2.05) is 69.3 Å². The van der Waals surface area contributed by atoms with E-state index in [1.54, 1.807) is 7.11 Å². The van der Waals surface area contributed by atoms with E-state index in [2.05, 4.69) is 10.6 Å². The maximum atomic E-state index is 12.2. The maximum Gasteiger partial charge on any atom is 0.311 e. The third-order valence-electron chi connectivity index (χ3n) is 4.74. The average molecular weight is 474 g/mol. The van der Waals surface area contributed by atoms with Crippen molar-refractivity contribution in [1.82, 2.24) is 10.6 Å². The third kappa shape index (κ3) is 9.27. The van der Waals surface area contributed by atoms with Crippen LogP contribution in [0.4, 0.5) is 0 Å². The van der Waals surface area contributed by atoms with Crippen LogP contribution in [0.15, 0.2) is 48.5 Å². The normalized spacial score (nSPS) is 11.9. The van der Waals surface area contributed by atoms with Gasteiger partial charge in [0, 0.05) is 13.1 Å². The van der Waals surface area contributed by atoms with Gasteiger partial charge in [0.15, 0.2) is 16.6 Å². The summed E-state index contributed by atoms with van der Waals surface area (Å²) in [5.41, 5.74) is 7.05. The summed E-state index contributed by atoms with van der Waals surface area (Å²) in [4.78, 5) is 12.2. The number of ether oxygens (including phenoxy) is 3. The van der Waals surface area contributed by atoms with Crippen molar-refractivity contribution in [2.45, 2.75) is 39.8 Å². The molecule has 0 bridgehead atoms. The van der Waals surface area contributed by atoms with Crippen molar-refractivity contribution < 1.29 is 19.0 Å². The molecule has 8 heteroatoms. The molecule has 0 amide bonds. The second-order valence-corrected chi connectivity index (χ2v) is 9.09. The molecule has 2 aromatic rings. The fourth-order valence-corrected chi connectivity index (χ4v) is 3.21. The van der Waals surface area contributed by atoms with Gasteiger partial charge in [-0.1, -0.05) is 36.4 Å². The van der Waals surface area contributed by atoms with Gasteiger partial charge in [-0.05, 0) is 62.7 Å². The summed E-state index contributed by atoms with van der Waals surface area (Å²) in [5.74, 6) is 1.04. The van der Waals surface area contributed by atoms with E-state index in [-0.39, 0.29) is 18.6 Å². The Balaban J connectivity index is 1.97. The van der Waals surface area contributed by atoms with Gasteiger partial charge in [-0.25, -0.2) is 0 Å². The summed E-state index contributed by atoms with van der Waals surface area (Å²) < 4.78 is 16.6. The lowest BCUT2D eigenvalue weighted by Gasteiger charge is -2.23. The number of carbonyl (C=O) groups is 1. The van der Waals surface area contributed by atoms with Crippen molar-refractivity contribution in [3.8, 4) is 11.5 Å². The van der Waals surface area contributed by atoms with E-state index < -0.39 is 5.41 Å². The minimum atomic E-state index is -0.560. The summed E-state index contributed by atoms with van der Waals surface area (Å²) in [5, 5.41) is 6.97. The van der Waals surface area contributed by atoms with Gasteiger partial charge in [0.25, 0.3) is 0 Å². The monoisotopic (exact) mass is 473 g/mol. The van der Waals surface area contributed by atoms with Crippen molar-refractivity contribution in [1.29, 1.82) is 0 Å². The molecule has 0 aliphatic heterocycles. The van der Waals surface area contributed by atoms with E-state index in [4.69, 9.17) is 32.2 Å². The topological polar surface area (TPSA) is 94.8 Å². The van der Waals surface area contributed by atoms with Crippen LogP contribution in [0.25, 0.3) is 0 Å². The highest BCUT2D eigenvalue weighted by Crippen LogP contribution is 2.28. The molecule has 0 aliphatic rings. The minimum absolute atomic E-state index is 0.166. The maximum absolute atomic E-state index is 12.2. The number of nitrogens with one attached hydrogen (secondary N) is 2. The van der Waals surface area contributed by atoms with Crippen molar-refractivity contribution >= 4 is 23.3 Å². The summed E-state index contributed by atoms with van der Waals surface area (Å²) >= 11 is 5.51. The van der Waals surface area contributed by atoms with Crippen molar-refractivity contribution in [2.75, 3.05) is 26.9 Å². The summed E-state index contributed by atoms with van der Waals surface area (Å²) in [7, 11) is 1.60. The number of methoxy groups -OCH3 is 1. The molecule has 0 radical (unpaired) electrons. The van der Waals surface area contributed by atoms with E-state index in [9.17, 15) is 4.79 Å². The number of carbonyl (C=O) groups excluding carboxylic acids is 1. The molecular formula is C25H35N3O4S. The predicted octanol–water partition coefficient (Wildman–Crippen LogP) is 3.20. The standard InChI is InChI=1S/C25H35N3O4S/c1-25(2,3)23(29)32-17-20(14-18-8-6-5-7-9-18)28-24(33)27-16-19-10-11-21(31-13-12-26)22(15-19)30-4/h5-11,15,20H,12-14,16-17,26H2,1-4H3,(H2,27,28,33)/t20-/m0/s1. The highest BCUT2D eigenvalue weighted by Gasteiger charge is 2.24. The Morgan fingerprint density at radius 2 is 1.82 bits per heavy atom.